The van der Waals surface area contributed by atoms with E-state index in [1.165, 1.54) is 33.0 Å². The molecule has 0 unspecified atom stereocenters. The standard InChI is InChI=1S/3C38H24N2O/c1-3-11-25(12-4-1)33-24-34(40-38(39-33)26-13-5-2-6-14-26)28-16-9-15-27(23-28)29-21-22-36-37-31(29)18-10-19-32(37)30-17-7-8-20-35(30)41-36;1-3-12-25(13-4-1)33-24-34(26-14-5-2-6-15-26)40-38(39-33)32-18-8-7-16-27(32)28-22-23-36-37-30(28)19-11-20-31(37)29-17-9-10-21-35(29)41-36;1-3-10-26(11-4-1)33-24-34(40-38(39-33)28-12-5-2-6-13-28)27-20-18-25(19-21-27)29-22-23-36-37-31(29)15-9-16-32(37)30-14-7-8-17-35(30)41-36/h3*1-24H. The van der Waals surface area contributed by atoms with Crippen molar-refractivity contribution in [2.24, 2.45) is 0 Å². The van der Waals surface area contributed by atoms with Crippen LogP contribution >= 0.6 is 0 Å². The number of benzene rings is 18. The van der Waals surface area contributed by atoms with Gasteiger partial charge >= 0.3 is 0 Å². The molecule has 3 aliphatic heterocycles. The van der Waals surface area contributed by atoms with Crippen molar-refractivity contribution in [3.05, 3.63) is 437 Å². The molecule has 18 aromatic carbocycles. The smallest absolute Gasteiger partial charge is 0.161 e. The van der Waals surface area contributed by atoms with Crippen LogP contribution in [0.25, 0.3) is 201 Å². The molecule has 9 heteroatoms. The number of rotatable bonds is 12. The Balaban J connectivity index is 0.000000110. The van der Waals surface area contributed by atoms with Gasteiger partial charge in [0, 0.05) is 82.9 Å². The zero-order valence-corrected chi connectivity index (χ0v) is 66.5. The fraction of sp³-hybridized carbons (Fsp3) is 0. The summed E-state index contributed by atoms with van der Waals surface area (Å²) in [6, 6.07) is 150. The van der Waals surface area contributed by atoms with Crippen LogP contribution in [0.3, 0.4) is 0 Å². The molecule has 24 rings (SSSR count). The zero-order valence-electron chi connectivity index (χ0n) is 66.5. The predicted molar refractivity (Wildman–Crippen MR) is 500 cm³/mol. The SMILES string of the molecule is c1ccc(-c2cc(-c3ccc(-c4ccc5c6c(cccc46)-c4ccccc4O5)cc3)nc(-c3ccccc3)n2)cc1.c1ccc(-c2cc(-c3cccc(-c4ccc5c6c(cccc46)-c4ccccc4O5)c3)nc(-c3ccccc3)n2)cc1.c1ccc(-c2cc(-c3ccccc3)nc(-c3ccccc3-c3ccc4c5c(cccc35)-c3ccccc3O4)n2)cc1. The maximum absolute atomic E-state index is 6.36. The molecular weight excluding hydrogens is 1500 g/mol. The maximum atomic E-state index is 6.36. The van der Waals surface area contributed by atoms with E-state index in [4.69, 9.17) is 44.1 Å². The summed E-state index contributed by atoms with van der Waals surface area (Å²) < 4.78 is 19.0. The van der Waals surface area contributed by atoms with E-state index in [-0.39, 0.29) is 0 Å². The van der Waals surface area contributed by atoms with Crippen molar-refractivity contribution in [1.82, 2.24) is 29.9 Å². The third-order valence-corrected chi connectivity index (χ3v) is 23.1. The third kappa shape index (κ3) is 13.9. The molecule has 0 amide bonds. The van der Waals surface area contributed by atoms with Crippen molar-refractivity contribution in [3.8, 4) is 203 Å². The van der Waals surface area contributed by atoms with Gasteiger partial charge < -0.3 is 14.2 Å². The van der Waals surface area contributed by atoms with Crippen LogP contribution in [0.5, 0.6) is 34.5 Å². The number of nitrogens with zero attached hydrogens (tertiary/aromatic N) is 6. The molecule has 0 aliphatic carbocycles. The highest BCUT2D eigenvalue weighted by atomic mass is 16.5. The molecule has 576 valence electrons. The van der Waals surface area contributed by atoms with Gasteiger partial charge in [0.15, 0.2) is 17.5 Å². The van der Waals surface area contributed by atoms with Crippen LogP contribution in [0, 0.1) is 0 Å². The van der Waals surface area contributed by atoms with E-state index in [1.54, 1.807) is 0 Å². The zero-order chi connectivity index (χ0) is 81.5. The number of hydrogen-bond donors (Lipinski definition) is 0. The van der Waals surface area contributed by atoms with Gasteiger partial charge in [-0.2, -0.15) is 0 Å². The number of hydrogen-bond acceptors (Lipinski definition) is 9. The summed E-state index contributed by atoms with van der Waals surface area (Å²) in [4.78, 5) is 30.1. The second-order valence-corrected chi connectivity index (χ2v) is 30.6. The molecule has 0 saturated heterocycles. The molecular formula is C114H72N6O3. The molecule has 0 atom stereocenters. The Morgan fingerprint density at radius 3 is 0.780 bits per heavy atom. The molecule has 0 spiro atoms. The lowest BCUT2D eigenvalue weighted by atomic mass is 9.89. The van der Waals surface area contributed by atoms with Gasteiger partial charge in [-0.25, -0.2) is 29.9 Å². The lowest BCUT2D eigenvalue weighted by Gasteiger charge is -2.23. The van der Waals surface area contributed by atoms with Gasteiger partial charge in [-0.05, 0) is 127 Å². The summed E-state index contributed by atoms with van der Waals surface area (Å²) in [5.41, 5.74) is 28.5. The lowest BCUT2D eigenvalue weighted by molar-refractivity contribution is 0.487. The second-order valence-electron chi connectivity index (χ2n) is 30.6. The first-order chi connectivity index (χ1) is 61.0. The van der Waals surface area contributed by atoms with Crippen LogP contribution < -0.4 is 14.2 Å². The van der Waals surface area contributed by atoms with Crippen LogP contribution in [-0.4, -0.2) is 29.9 Å². The molecule has 6 heterocycles. The number of aromatic nitrogens is 6. The average Bonchev–Trinajstić information content (AvgIpc) is 0.745. The topological polar surface area (TPSA) is 105 Å². The number of para-hydroxylation sites is 3. The fourth-order valence-electron chi connectivity index (χ4n) is 17.3. The molecule has 0 N–H and O–H groups in total. The van der Waals surface area contributed by atoms with E-state index in [9.17, 15) is 0 Å². The van der Waals surface area contributed by atoms with E-state index in [0.717, 1.165) is 191 Å². The van der Waals surface area contributed by atoms with E-state index >= 15 is 0 Å². The molecule has 123 heavy (non-hydrogen) atoms. The van der Waals surface area contributed by atoms with E-state index in [1.807, 2.05) is 146 Å². The predicted octanol–water partition coefficient (Wildman–Crippen LogP) is 30.2. The monoisotopic (exact) mass is 1570 g/mol. The minimum atomic E-state index is 0.697. The van der Waals surface area contributed by atoms with Gasteiger partial charge in [-0.15, -0.1) is 0 Å². The largest absolute Gasteiger partial charge is 0.456 e. The number of ether oxygens (including phenoxy) is 3. The van der Waals surface area contributed by atoms with E-state index < -0.39 is 0 Å². The average molecular weight is 1570 g/mol. The van der Waals surface area contributed by atoms with E-state index in [2.05, 4.69) is 291 Å². The molecule has 0 radical (unpaired) electrons. The first-order valence-corrected chi connectivity index (χ1v) is 41.3. The molecule has 3 aliphatic rings. The Labute approximate surface area is 711 Å². The van der Waals surface area contributed by atoms with Crippen molar-refractivity contribution in [3.63, 3.8) is 0 Å². The van der Waals surface area contributed by atoms with Gasteiger partial charge in [-0.3, -0.25) is 0 Å². The van der Waals surface area contributed by atoms with Crippen LogP contribution in [0.2, 0.25) is 0 Å². The molecule has 0 bridgehead atoms. The van der Waals surface area contributed by atoms with Crippen molar-refractivity contribution < 1.29 is 14.2 Å². The van der Waals surface area contributed by atoms with Crippen molar-refractivity contribution in [2.45, 2.75) is 0 Å². The highest BCUT2D eigenvalue weighted by Crippen LogP contribution is 2.53. The Bertz CT molecular complexity index is 7450. The summed E-state index contributed by atoms with van der Waals surface area (Å²) in [6.45, 7) is 0. The normalized spacial score (nSPS) is 11.6. The molecule has 9 nitrogen and oxygen atoms in total. The second kappa shape index (κ2) is 31.7. The summed E-state index contributed by atoms with van der Waals surface area (Å²) in [5.74, 6) is 7.49. The Kier molecular flexibility index (Phi) is 18.8. The highest BCUT2D eigenvalue weighted by Gasteiger charge is 2.27. The third-order valence-electron chi connectivity index (χ3n) is 23.1. The summed E-state index contributed by atoms with van der Waals surface area (Å²) >= 11 is 0. The van der Waals surface area contributed by atoms with Crippen LogP contribution in [0.15, 0.2) is 437 Å². The van der Waals surface area contributed by atoms with Crippen molar-refractivity contribution in [2.75, 3.05) is 0 Å². The lowest BCUT2D eigenvalue weighted by Crippen LogP contribution is -1.99. The van der Waals surface area contributed by atoms with Crippen molar-refractivity contribution in [1.29, 1.82) is 0 Å². The first-order valence-electron chi connectivity index (χ1n) is 41.3. The van der Waals surface area contributed by atoms with Gasteiger partial charge in [0.1, 0.15) is 34.5 Å². The summed E-state index contributed by atoms with van der Waals surface area (Å²) in [5, 5.41) is 6.93. The molecule has 0 saturated carbocycles. The quantitative estimate of drug-likeness (QED) is 0.118. The van der Waals surface area contributed by atoms with Crippen LogP contribution in [0.4, 0.5) is 0 Å². The van der Waals surface area contributed by atoms with E-state index in [0.29, 0.717) is 11.6 Å². The fourth-order valence-corrected chi connectivity index (χ4v) is 17.3. The first kappa shape index (κ1) is 72.8. The summed E-state index contributed by atoms with van der Waals surface area (Å²) in [6.07, 6.45) is 0. The van der Waals surface area contributed by atoms with Crippen LogP contribution in [0.1, 0.15) is 0 Å². The Morgan fingerprint density at radius 2 is 0.390 bits per heavy atom. The van der Waals surface area contributed by atoms with Crippen LogP contribution in [-0.2, 0) is 0 Å². The van der Waals surface area contributed by atoms with Gasteiger partial charge in [0.2, 0.25) is 0 Å². The van der Waals surface area contributed by atoms with Crippen molar-refractivity contribution >= 4 is 32.3 Å². The maximum Gasteiger partial charge on any atom is 0.161 e. The molecule has 0 fully saturated rings. The minimum Gasteiger partial charge on any atom is -0.456 e. The Hall–Kier alpha value is -16.6. The van der Waals surface area contributed by atoms with Gasteiger partial charge in [0.05, 0.1) is 34.2 Å². The van der Waals surface area contributed by atoms with Gasteiger partial charge in [0.25, 0.3) is 0 Å². The minimum absolute atomic E-state index is 0.697. The highest BCUT2D eigenvalue weighted by molar-refractivity contribution is 6.13. The number of fused-ring (bicyclic) bond motifs is 6. The summed E-state index contributed by atoms with van der Waals surface area (Å²) in [7, 11) is 0. The van der Waals surface area contributed by atoms with Gasteiger partial charge in [-0.1, -0.05) is 376 Å². The molecule has 3 aromatic heterocycles. The Morgan fingerprint density at radius 1 is 0.130 bits per heavy atom. The molecule has 21 aromatic rings.